The van der Waals surface area contributed by atoms with Crippen LogP contribution < -0.4 is 5.73 Å². The van der Waals surface area contributed by atoms with Crippen LogP contribution in [-0.2, 0) is 16.0 Å². The van der Waals surface area contributed by atoms with Crippen molar-refractivity contribution in [2.75, 3.05) is 26.8 Å². The van der Waals surface area contributed by atoms with Gasteiger partial charge in [-0.2, -0.15) is 0 Å². The fourth-order valence-corrected chi connectivity index (χ4v) is 3.97. The van der Waals surface area contributed by atoms with Gasteiger partial charge in [-0.3, -0.25) is 9.69 Å². The number of rotatable bonds is 10. The molecule has 1 aliphatic heterocycles. The summed E-state index contributed by atoms with van der Waals surface area (Å²) in [6.07, 6.45) is 3.31. The molecule has 0 saturated carbocycles. The fourth-order valence-electron chi connectivity index (χ4n) is 3.97. The topological polar surface area (TPSA) is 108 Å². The van der Waals surface area contributed by atoms with Gasteiger partial charge in [-0.1, -0.05) is 43.3 Å². The van der Waals surface area contributed by atoms with Gasteiger partial charge in [-0.05, 0) is 47.2 Å². The first kappa shape index (κ1) is 24.6. The van der Waals surface area contributed by atoms with Gasteiger partial charge in [0.15, 0.2) is 0 Å². The number of carbonyl (C=O) groups is 1. The minimum absolute atomic E-state index is 0.0882. The van der Waals surface area contributed by atoms with Gasteiger partial charge in [0.25, 0.3) is 0 Å². The van der Waals surface area contributed by atoms with E-state index in [1.54, 1.807) is 0 Å². The summed E-state index contributed by atoms with van der Waals surface area (Å²) in [5.74, 6) is 0.180. The number of carbonyl (C=O) groups excluding carboxylic acids is 1. The molecule has 1 atom stereocenters. The Bertz CT molecular complexity index is 1010. The van der Waals surface area contributed by atoms with Crippen LogP contribution in [0.1, 0.15) is 37.3 Å². The number of fused-ring (bicyclic) bond motifs is 1. The summed E-state index contributed by atoms with van der Waals surface area (Å²) < 4.78 is 4.72. The predicted octanol–water partition coefficient (Wildman–Crippen LogP) is 3.26. The number of aliphatic hydroxyl groups is 2. The summed E-state index contributed by atoms with van der Waals surface area (Å²) in [7, 11) is 1.38. The van der Waals surface area contributed by atoms with Gasteiger partial charge in [0, 0.05) is 31.7 Å². The zero-order chi connectivity index (χ0) is 23.8. The molecule has 0 aromatic heterocycles. The molecule has 2 aromatic carbocycles. The number of esters is 1. The molecule has 0 fully saturated rings. The number of nitrogens with zero attached hydrogens (tertiary/aromatic N) is 2. The molecule has 0 radical (unpaired) electrons. The molecule has 1 heterocycles. The molecule has 33 heavy (non-hydrogen) atoms. The number of nitrogens with two attached hydrogens (primary N) is 1. The molecule has 0 saturated heterocycles. The second-order valence-corrected chi connectivity index (χ2v) is 8.21. The third-order valence-corrected chi connectivity index (χ3v) is 5.68. The smallest absolute Gasteiger partial charge is 0.309 e. The fraction of sp³-hybridized carbons (Fsp3) is 0.385. The van der Waals surface area contributed by atoms with Crippen LogP contribution in [0.25, 0.3) is 17.2 Å². The Morgan fingerprint density at radius 2 is 1.91 bits per heavy atom. The average molecular weight is 452 g/mol. The van der Waals surface area contributed by atoms with Gasteiger partial charge in [-0.25, -0.2) is 4.99 Å². The molecule has 4 N–H and O–H groups in total. The van der Waals surface area contributed by atoms with E-state index in [4.69, 9.17) is 10.5 Å². The van der Waals surface area contributed by atoms with E-state index in [1.807, 2.05) is 53.4 Å². The van der Waals surface area contributed by atoms with Crippen molar-refractivity contribution in [1.29, 1.82) is 0 Å². The van der Waals surface area contributed by atoms with E-state index in [9.17, 15) is 15.0 Å². The molecule has 7 nitrogen and oxygen atoms in total. The average Bonchev–Trinajstić information content (AvgIpc) is 2.99. The van der Waals surface area contributed by atoms with Crippen molar-refractivity contribution < 1.29 is 19.7 Å². The van der Waals surface area contributed by atoms with Crippen molar-refractivity contribution in [3.8, 4) is 11.1 Å². The van der Waals surface area contributed by atoms with Crippen molar-refractivity contribution in [2.24, 2.45) is 10.7 Å². The maximum atomic E-state index is 11.5. The molecule has 3 rings (SSSR count). The normalized spacial score (nSPS) is 14.2. The largest absolute Gasteiger partial charge is 0.469 e. The Hall–Kier alpha value is -3.00. The molecule has 1 unspecified atom stereocenters. The van der Waals surface area contributed by atoms with Crippen molar-refractivity contribution in [1.82, 2.24) is 4.90 Å². The second-order valence-electron chi connectivity index (χ2n) is 8.21. The molecular weight excluding hydrogens is 418 g/mol. The predicted molar refractivity (Wildman–Crippen MR) is 131 cm³/mol. The summed E-state index contributed by atoms with van der Waals surface area (Å²) in [6.45, 7) is 3.49. The number of aliphatic hydroxyl groups excluding tert-OH is 2. The highest BCUT2D eigenvalue weighted by Crippen LogP contribution is 2.33. The number of hydrogen-bond acceptors (Lipinski definition) is 7. The number of ether oxygens (including phenoxy) is 1. The first-order valence-corrected chi connectivity index (χ1v) is 11.3. The van der Waals surface area contributed by atoms with Crippen LogP contribution in [0.4, 0.5) is 5.69 Å². The van der Waals surface area contributed by atoms with Gasteiger partial charge in [0.2, 0.25) is 0 Å². The van der Waals surface area contributed by atoms with Gasteiger partial charge in [-0.15, -0.1) is 0 Å². The molecule has 176 valence electrons. The van der Waals surface area contributed by atoms with Crippen molar-refractivity contribution in [2.45, 2.75) is 38.8 Å². The van der Waals surface area contributed by atoms with Crippen LogP contribution in [0, 0.1) is 0 Å². The maximum absolute atomic E-state index is 11.5. The lowest BCUT2D eigenvalue weighted by Gasteiger charge is -2.29. The Balaban J connectivity index is 1.86. The highest BCUT2D eigenvalue weighted by atomic mass is 16.5. The third-order valence-electron chi connectivity index (χ3n) is 5.68. The zero-order valence-corrected chi connectivity index (χ0v) is 19.3. The lowest BCUT2D eigenvalue weighted by atomic mass is 9.99. The number of methoxy groups -OCH3 is 1. The van der Waals surface area contributed by atoms with Gasteiger partial charge >= 0.3 is 5.97 Å². The van der Waals surface area contributed by atoms with Crippen molar-refractivity contribution >= 4 is 23.6 Å². The van der Waals surface area contributed by atoms with Gasteiger partial charge in [0.1, 0.15) is 12.1 Å². The Morgan fingerprint density at radius 3 is 2.58 bits per heavy atom. The molecule has 1 aliphatic rings. The van der Waals surface area contributed by atoms with E-state index in [2.05, 4.69) is 11.9 Å². The van der Waals surface area contributed by atoms with Crippen LogP contribution >= 0.6 is 0 Å². The van der Waals surface area contributed by atoms with E-state index < -0.39 is 6.23 Å². The number of aliphatic imine (C=N–C) groups is 1. The van der Waals surface area contributed by atoms with E-state index in [1.165, 1.54) is 7.11 Å². The van der Waals surface area contributed by atoms with E-state index in [0.717, 1.165) is 46.5 Å². The quantitative estimate of drug-likeness (QED) is 0.378. The Morgan fingerprint density at radius 1 is 1.18 bits per heavy atom. The molecule has 2 aromatic rings. The molecular formula is C26H33N3O4. The highest BCUT2D eigenvalue weighted by Gasteiger charge is 2.22. The highest BCUT2D eigenvalue weighted by molar-refractivity contribution is 5.91. The van der Waals surface area contributed by atoms with Gasteiger partial charge < -0.3 is 20.7 Å². The summed E-state index contributed by atoms with van der Waals surface area (Å²) in [6, 6.07) is 13.8. The first-order chi connectivity index (χ1) is 15.9. The maximum Gasteiger partial charge on any atom is 0.309 e. The second kappa shape index (κ2) is 11.7. The number of benzene rings is 2. The summed E-state index contributed by atoms with van der Waals surface area (Å²) in [5.41, 5.74) is 11.5. The molecule has 7 heteroatoms. The Labute approximate surface area is 195 Å². The standard InChI is InChI=1S/C26H33N3O4/c1-3-11-29(12-4-13-30)26(32)22-15-21-10-9-20(16-23(21)28-24(27)17-22)19-7-5-18(6-8-19)14-25(31)33-2/h5-10,15-16,26,30,32H,3-4,11-14,17H2,1-2H3,(H2,27,28). The lowest BCUT2D eigenvalue weighted by Crippen LogP contribution is -2.39. The van der Waals surface area contributed by atoms with E-state index >= 15 is 0 Å². The molecule has 0 aliphatic carbocycles. The summed E-state index contributed by atoms with van der Waals surface area (Å²) in [4.78, 5) is 18.0. The minimum atomic E-state index is -0.779. The van der Waals surface area contributed by atoms with Crippen LogP contribution in [-0.4, -0.2) is 60.0 Å². The van der Waals surface area contributed by atoms with Gasteiger partial charge in [0.05, 0.1) is 19.2 Å². The SMILES string of the molecule is CCCN(CCCO)C(O)C1=Cc2ccc(-c3ccc(CC(=O)OC)cc3)cc2N=C(N)C1. The van der Waals surface area contributed by atoms with Crippen LogP contribution in [0.15, 0.2) is 53.0 Å². The van der Waals surface area contributed by atoms with Crippen LogP contribution in [0.2, 0.25) is 0 Å². The first-order valence-electron chi connectivity index (χ1n) is 11.3. The van der Waals surface area contributed by atoms with Crippen molar-refractivity contribution in [3.63, 3.8) is 0 Å². The van der Waals surface area contributed by atoms with E-state index in [0.29, 0.717) is 25.2 Å². The number of amidine groups is 1. The van der Waals surface area contributed by atoms with Crippen LogP contribution in [0.3, 0.4) is 0 Å². The summed E-state index contributed by atoms with van der Waals surface area (Å²) >= 11 is 0. The number of hydrogen-bond donors (Lipinski definition) is 3. The minimum Gasteiger partial charge on any atom is -0.469 e. The zero-order valence-electron chi connectivity index (χ0n) is 19.3. The summed E-state index contributed by atoms with van der Waals surface area (Å²) in [5, 5.41) is 20.2. The van der Waals surface area contributed by atoms with Crippen LogP contribution in [0.5, 0.6) is 0 Å². The van der Waals surface area contributed by atoms with Crippen molar-refractivity contribution in [3.05, 3.63) is 59.2 Å². The molecule has 0 amide bonds. The lowest BCUT2D eigenvalue weighted by molar-refractivity contribution is -0.139. The monoisotopic (exact) mass is 451 g/mol. The van der Waals surface area contributed by atoms with E-state index in [-0.39, 0.29) is 19.0 Å². The Kier molecular flexibility index (Phi) is 8.77. The molecule has 0 spiro atoms. The third kappa shape index (κ3) is 6.51. The molecule has 0 bridgehead atoms.